The SMILES string of the molecule is CCCCC=C([Te]c1ccccc1)[Te]c1ccccc1. The maximum absolute atomic E-state index is 2.56. The van der Waals surface area contributed by atoms with E-state index in [0.29, 0.717) is 0 Å². The van der Waals surface area contributed by atoms with Crippen molar-refractivity contribution < 1.29 is 0 Å². The average molecular weight is 492 g/mol. The molecule has 0 atom stereocenters. The monoisotopic (exact) mass is 496 g/mol. The van der Waals surface area contributed by atoms with Gasteiger partial charge in [-0.15, -0.1) is 0 Å². The zero-order valence-electron chi connectivity index (χ0n) is 11.8. The van der Waals surface area contributed by atoms with Crippen molar-refractivity contribution in [1.29, 1.82) is 0 Å². The van der Waals surface area contributed by atoms with Gasteiger partial charge in [0.1, 0.15) is 0 Å². The van der Waals surface area contributed by atoms with E-state index in [4.69, 9.17) is 0 Å². The van der Waals surface area contributed by atoms with E-state index in [-0.39, 0.29) is 41.8 Å². The fourth-order valence-electron chi connectivity index (χ4n) is 1.74. The fourth-order valence-corrected chi connectivity index (χ4v) is 10.5. The van der Waals surface area contributed by atoms with Crippen LogP contribution in [0.5, 0.6) is 0 Å². The molecule has 0 aliphatic rings. The van der Waals surface area contributed by atoms with Gasteiger partial charge in [-0.3, -0.25) is 0 Å². The van der Waals surface area contributed by atoms with Gasteiger partial charge in [-0.05, 0) is 0 Å². The Hall–Kier alpha value is -0.241. The first-order valence-corrected chi connectivity index (χ1v) is 11.7. The Morgan fingerprint density at radius 3 is 1.80 bits per heavy atom. The molecule has 0 heterocycles. The summed E-state index contributed by atoms with van der Waals surface area (Å²) in [5, 5.41) is 0. The van der Waals surface area contributed by atoms with Crippen molar-refractivity contribution in [3.05, 3.63) is 68.4 Å². The molecule has 2 heteroatoms. The van der Waals surface area contributed by atoms with Gasteiger partial charge in [-0.1, -0.05) is 0 Å². The van der Waals surface area contributed by atoms with Crippen LogP contribution in [-0.2, 0) is 0 Å². The third kappa shape index (κ3) is 6.03. The van der Waals surface area contributed by atoms with Gasteiger partial charge in [0.05, 0.1) is 0 Å². The summed E-state index contributed by atoms with van der Waals surface area (Å²) >= 11 is -0.324. The van der Waals surface area contributed by atoms with Crippen molar-refractivity contribution in [3.8, 4) is 0 Å². The van der Waals surface area contributed by atoms with Crippen molar-refractivity contribution in [2.45, 2.75) is 26.2 Å². The third-order valence-corrected chi connectivity index (χ3v) is 11.0. The summed E-state index contributed by atoms with van der Waals surface area (Å²) in [5.41, 5.74) is 0. The summed E-state index contributed by atoms with van der Waals surface area (Å²) in [6, 6.07) is 22.1. The minimum atomic E-state index is -0.162. The summed E-state index contributed by atoms with van der Waals surface area (Å²) in [4.78, 5) is 0. The first kappa shape index (κ1) is 16.1. The zero-order chi connectivity index (χ0) is 14.0. The van der Waals surface area contributed by atoms with Crippen molar-refractivity contribution in [2.75, 3.05) is 0 Å². The normalized spacial score (nSPS) is 10.2. The van der Waals surface area contributed by atoms with Crippen LogP contribution in [0.4, 0.5) is 0 Å². The molecule has 0 fully saturated rings. The molecule has 2 rings (SSSR count). The third-order valence-electron chi connectivity index (χ3n) is 2.79. The van der Waals surface area contributed by atoms with E-state index in [1.807, 2.05) is 0 Å². The molecule has 104 valence electrons. The molecule has 0 aliphatic heterocycles. The summed E-state index contributed by atoms with van der Waals surface area (Å²) in [6.45, 7) is 2.27. The van der Waals surface area contributed by atoms with Gasteiger partial charge >= 0.3 is 144 Å². The van der Waals surface area contributed by atoms with Gasteiger partial charge in [0.25, 0.3) is 0 Å². The van der Waals surface area contributed by atoms with Crippen LogP contribution in [0.2, 0.25) is 0 Å². The van der Waals surface area contributed by atoms with E-state index in [9.17, 15) is 0 Å². The van der Waals surface area contributed by atoms with Crippen LogP contribution in [-0.4, -0.2) is 41.8 Å². The van der Waals surface area contributed by atoms with Crippen LogP contribution in [0.25, 0.3) is 0 Å². The Morgan fingerprint density at radius 1 is 0.850 bits per heavy atom. The molecule has 0 saturated carbocycles. The standard InChI is InChI=1S/C18H20Te2/c1-2-3-6-15-18(19-16-11-7-4-8-12-16)20-17-13-9-5-10-14-17/h4-5,7-15H,2-3,6H2,1H3. The fraction of sp³-hybridized carbons (Fsp3) is 0.222. The molecule has 0 amide bonds. The second-order valence-electron chi connectivity index (χ2n) is 4.50. The van der Waals surface area contributed by atoms with E-state index in [2.05, 4.69) is 73.7 Å². The number of unbranched alkanes of at least 4 members (excludes halogenated alkanes) is 2. The second-order valence-corrected chi connectivity index (χ2v) is 13.4. The quantitative estimate of drug-likeness (QED) is 0.413. The zero-order valence-corrected chi connectivity index (χ0v) is 16.4. The topological polar surface area (TPSA) is 0 Å². The van der Waals surface area contributed by atoms with Crippen LogP contribution in [0.1, 0.15) is 26.2 Å². The molecule has 0 N–H and O–H groups in total. The van der Waals surface area contributed by atoms with E-state index in [1.165, 1.54) is 19.3 Å². The summed E-state index contributed by atoms with van der Waals surface area (Å²) in [6.07, 6.45) is 6.45. The van der Waals surface area contributed by atoms with Gasteiger partial charge in [-0.25, -0.2) is 0 Å². The Bertz CT molecular complexity index is 474. The van der Waals surface area contributed by atoms with Gasteiger partial charge in [0, 0.05) is 0 Å². The average Bonchev–Trinajstić information content (AvgIpc) is 2.49. The molecule has 2 aromatic carbocycles. The molecular weight excluding hydrogens is 471 g/mol. The van der Waals surface area contributed by atoms with E-state index < -0.39 is 0 Å². The predicted molar refractivity (Wildman–Crippen MR) is 91.3 cm³/mol. The van der Waals surface area contributed by atoms with E-state index in [0.717, 1.165) is 0 Å². The molecule has 0 saturated heterocycles. The van der Waals surface area contributed by atoms with Crippen molar-refractivity contribution in [1.82, 2.24) is 0 Å². The minimum absolute atomic E-state index is 0.162. The molecule has 0 aliphatic carbocycles. The van der Waals surface area contributed by atoms with Gasteiger partial charge in [0.15, 0.2) is 0 Å². The molecule has 0 radical (unpaired) electrons. The van der Waals surface area contributed by atoms with Crippen molar-refractivity contribution in [2.24, 2.45) is 0 Å². The van der Waals surface area contributed by atoms with Crippen molar-refractivity contribution >= 4 is 49.1 Å². The Balaban J connectivity index is 2.06. The van der Waals surface area contributed by atoms with Gasteiger partial charge in [0.2, 0.25) is 0 Å². The van der Waals surface area contributed by atoms with Gasteiger partial charge < -0.3 is 0 Å². The molecule has 0 unspecified atom stereocenters. The second kappa shape index (κ2) is 9.65. The van der Waals surface area contributed by atoms with Crippen molar-refractivity contribution in [3.63, 3.8) is 0 Å². The van der Waals surface area contributed by atoms with Crippen LogP contribution in [0, 0.1) is 0 Å². The number of rotatable bonds is 7. The van der Waals surface area contributed by atoms with Crippen LogP contribution >= 0.6 is 0 Å². The molecule has 0 spiro atoms. The Morgan fingerprint density at radius 2 is 1.35 bits per heavy atom. The number of hydrogen-bond acceptors (Lipinski definition) is 0. The maximum atomic E-state index is 2.56. The molecule has 2 aromatic rings. The summed E-state index contributed by atoms with van der Waals surface area (Å²) in [7, 11) is 0. The first-order valence-electron chi connectivity index (χ1n) is 7.04. The van der Waals surface area contributed by atoms with Crippen LogP contribution in [0.15, 0.2) is 68.4 Å². The molecule has 0 nitrogen and oxygen atoms in total. The Labute approximate surface area is 142 Å². The van der Waals surface area contributed by atoms with Crippen LogP contribution in [0.3, 0.4) is 0 Å². The summed E-state index contributed by atoms with van der Waals surface area (Å²) < 4.78 is 4.94. The molecule has 0 bridgehead atoms. The Kier molecular flexibility index (Phi) is 7.79. The number of allylic oxidation sites excluding steroid dienone is 1. The van der Waals surface area contributed by atoms with Gasteiger partial charge in [-0.2, -0.15) is 0 Å². The molecule has 0 aromatic heterocycles. The first-order chi connectivity index (χ1) is 9.88. The molecular formula is C18H20Te2. The van der Waals surface area contributed by atoms with Crippen LogP contribution < -0.4 is 7.22 Å². The predicted octanol–water partition coefficient (Wildman–Crippen LogP) is 3.08. The van der Waals surface area contributed by atoms with E-state index >= 15 is 0 Å². The number of benzene rings is 2. The number of hydrogen-bond donors (Lipinski definition) is 0. The van der Waals surface area contributed by atoms with E-state index in [1.54, 1.807) is 8.89 Å². The molecule has 20 heavy (non-hydrogen) atoms. The summed E-state index contributed by atoms with van der Waals surface area (Å²) in [5.74, 6) is 0.